The minimum atomic E-state index is -3.78. The van der Waals surface area contributed by atoms with E-state index >= 15 is 0 Å². The molecule has 4 aromatic rings. The number of fused-ring (bicyclic) bond motifs is 1. The maximum atomic E-state index is 12.8. The Morgan fingerprint density at radius 1 is 0.919 bits per heavy atom. The van der Waals surface area contributed by atoms with Gasteiger partial charge < -0.3 is 10.1 Å². The van der Waals surface area contributed by atoms with E-state index in [1.165, 1.54) is 38.4 Å². The van der Waals surface area contributed by atoms with E-state index in [9.17, 15) is 21.9 Å². The normalized spacial score (nSPS) is 13.1. The van der Waals surface area contributed by atoms with Crippen LogP contribution in [-0.4, -0.2) is 57.1 Å². The Labute approximate surface area is 216 Å². The minimum Gasteiger partial charge on any atom is -0.494 e. The van der Waals surface area contributed by atoms with Gasteiger partial charge in [-0.05, 0) is 56.3 Å². The highest BCUT2D eigenvalue weighted by Crippen LogP contribution is 2.33. The molecule has 1 aromatic heterocycles. The Morgan fingerprint density at radius 3 is 2.14 bits per heavy atom. The zero-order valence-corrected chi connectivity index (χ0v) is 22.4. The molecule has 0 radical (unpaired) electrons. The van der Waals surface area contributed by atoms with Crippen LogP contribution in [0.3, 0.4) is 0 Å². The van der Waals surface area contributed by atoms with E-state index in [0.29, 0.717) is 33.4 Å². The maximum absolute atomic E-state index is 12.8. The topological polar surface area (TPSA) is 132 Å². The van der Waals surface area contributed by atoms with Crippen molar-refractivity contribution >= 4 is 42.3 Å². The number of rotatable bonds is 8. The van der Waals surface area contributed by atoms with Gasteiger partial charge in [-0.15, -0.1) is 0 Å². The predicted octanol–water partition coefficient (Wildman–Crippen LogP) is 3.98. The van der Waals surface area contributed by atoms with Gasteiger partial charge in [-0.1, -0.05) is 30.3 Å². The summed E-state index contributed by atoms with van der Waals surface area (Å²) in [6.07, 6.45) is 0. The molecule has 0 aliphatic rings. The van der Waals surface area contributed by atoms with Gasteiger partial charge in [0.05, 0.1) is 26.8 Å². The Balaban J connectivity index is 1.91. The summed E-state index contributed by atoms with van der Waals surface area (Å²) in [6.45, 7) is 3.47. The third-order valence-electron chi connectivity index (χ3n) is 5.59. The minimum absolute atomic E-state index is 0.0552. The lowest BCUT2D eigenvalue weighted by Crippen LogP contribution is -2.30. The number of benzene rings is 3. The van der Waals surface area contributed by atoms with E-state index in [2.05, 4.69) is 9.71 Å². The van der Waals surface area contributed by atoms with E-state index in [-0.39, 0.29) is 21.7 Å². The van der Waals surface area contributed by atoms with Gasteiger partial charge in [0, 0.05) is 36.6 Å². The predicted molar refractivity (Wildman–Crippen MR) is 144 cm³/mol. The number of aromatic hydroxyl groups is 1. The molecular formula is C26H28N4O5S2. The summed E-state index contributed by atoms with van der Waals surface area (Å²) in [7, 11) is -4.47. The van der Waals surface area contributed by atoms with Gasteiger partial charge in [0.15, 0.2) is 5.88 Å². The lowest BCUT2D eigenvalue weighted by molar-refractivity contribution is 0.457. The van der Waals surface area contributed by atoms with E-state index in [0.717, 1.165) is 4.31 Å². The second-order valence-electron chi connectivity index (χ2n) is 8.94. The van der Waals surface area contributed by atoms with Crippen molar-refractivity contribution in [1.82, 2.24) is 14.0 Å². The number of hydrogen-bond acceptors (Lipinski definition) is 6. The zero-order valence-electron chi connectivity index (χ0n) is 20.8. The molecule has 3 aromatic carbocycles. The van der Waals surface area contributed by atoms with Crippen molar-refractivity contribution in [1.29, 1.82) is 0 Å². The molecule has 0 amide bonds. The first-order chi connectivity index (χ1) is 17.4. The zero-order chi connectivity index (χ0) is 27.0. The van der Waals surface area contributed by atoms with Crippen LogP contribution in [0.25, 0.3) is 10.9 Å². The smallest absolute Gasteiger partial charge is 0.242 e. The molecule has 4 rings (SSSR count). The van der Waals surface area contributed by atoms with Gasteiger partial charge in [-0.3, -0.25) is 0 Å². The number of aromatic amines is 1. The molecule has 3 N–H and O–H groups in total. The third-order valence-corrected chi connectivity index (χ3v) is 9.08. The van der Waals surface area contributed by atoms with Gasteiger partial charge in [0.2, 0.25) is 20.0 Å². The lowest BCUT2D eigenvalue weighted by Gasteiger charge is -2.12. The van der Waals surface area contributed by atoms with Gasteiger partial charge >= 0.3 is 0 Å². The van der Waals surface area contributed by atoms with Crippen LogP contribution in [-0.2, 0) is 20.0 Å². The second kappa shape index (κ2) is 10.1. The van der Waals surface area contributed by atoms with E-state index in [4.69, 9.17) is 4.99 Å². The quantitative estimate of drug-likeness (QED) is 0.291. The van der Waals surface area contributed by atoms with Crippen molar-refractivity contribution in [2.24, 2.45) is 4.99 Å². The monoisotopic (exact) mass is 540 g/mol. The molecule has 0 fully saturated rings. The van der Waals surface area contributed by atoms with Crippen LogP contribution in [0.15, 0.2) is 87.6 Å². The molecule has 37 heavy (non-hydrogen) atoms. The Kier molecular flexibility index (Phi) is 7.24. The highest BCUT2D eigenvalue weighted by Gasteiger charge is 2.23. The van der Waals surface area contributed by atoms with Crippen LogP contribution in [0.1, 0.15) is 25.0 Å². The maximum Gasteiger partial charge on any atom is 0.242 e. The molecule has 0 unspecified atom stereocenters. The molecule has 0 aliphatic heterocycles. The van der Waals surface area contributed by atoms with Gasteiger partial charge in [0.25, 0.3) is 0 Å². The van der Waals surface area contributed by atoms with Gasteiger partial charge in [0.1, 0.15) is 0 Å². The number of nitrogens with one attached hydrogen (secondary N) is 2. The fraction of sp³-hybridized carbons (Fsp3) is 0.192. The number of nitrogens with zero attached hydrogens (tertiary/aromatic N) is 2. The van der Waals surface area contributed by atoms with Crippen LogP contribution in [0.4, 0.5) is 5.69 Å². The number of hydrogen-bond donors (Lipinski definition) is 3. The van der Waals surface area contributed by atoms with Crippen LogP contribution in [0.2, 0.25) is 0 Å². The summed E-state index contributed by atoms with van der Waals surface area (Å²) < 4.78 is 54.2. The number of sulfonamides is 2. The molecule has 9 nitrogen and oxygen atoms in total. The summed E-state index contributed by atoms with van der Waals surface area (Å²) in [4.78, 5) is 7.83. The van der Waals surface area contributed by atoms with Crippen molar-refractivity contribution < 1.29 is 21.9 Å². The summed E-state index contributed by atoms with van der Waals surface area (Å²) >= 11 is 0. The molecule has 1 heterocycles. The lowest BCUT2D eigenvalue weighted by atomic mass is 10.0. The molecule has 194 valence electrons. The van der Waals surface area contributed by atoms with Crippen LogP contribution in [0, 0.1) is 0 Å². The van der Waals surface area contributed by atoms with Crippen LogP contribution in [0.5, 0.6) is 5.88 Å². The highest BCUT2D eigenvalue weighted by molar-refractivity contribution is 7.89. The fourth-order valence-electron chi connectivity index (χ4n) is 3.84. The molecule has 11 heteroatoms. The first kappa shape index (κ1) is 26.6. The van der Waals surface area contributed by atoms with E-state index in [1.54, 1.807) is 32.0 Å². The SMILES string of the molecule is CC(C)NS(=O)(=O)c1ccc2[nH]c(O)c(C(=Nc3ccc(S(=O)(=O)N(C)C)cc3)c3ccccc3)c2c1. The number of aliphatic imine (C=N–C) groups is 1. The molecule has 0 spiro atoms. The van der Waals surface area contributed by atoms with Crippen LogP contribution >= 0.6 is 0 Å². The average molecular weight is 541 g/mol. The van der Waals surface area contributed by atoms with Gasteiger partial charge in [-0.25, -0.2) is 30.9 Å². The molecule has 0 aliphatic carbocycles. The summed E-state index contributed by atoms with van der Waals surface area (Å²) in [5.74, 6) is -0.171. The fourth-order valence-corrected chi connectivity index (χ4v) is 6.01. The Bertz CT molecular complexity index is 1670. The van der Waals surface area contributed by atoms with Crippen molar-refractivity contribution in [2.45, 2.75) is 29.7 Å². The number of H-pyrrole nitrogens is 1. The highest BCUT2D eigenvalue weighted by atomic mass is 32.2. The Morgan fingerprint density at radius 2 is 1.54 bits per heavy atom. The summed E-state index contributed by atoms with van der Waals surface area (Å²) in [6, 6.07) is 19.5. The summed E-state index contributed by atoms with van der Waals surface area (Å²) in [5, 5.41) is 11.4. The molecule has 0 bridgehead atoms. The third kappa shape index (κ3) is 5.44. The Hall–Kier alpha value is -3.51. The van der Waals surface area contributed by atoms with Crippen LogP contribution < -0.4 is 4.72 Å². The molecule has 0 saturated heterocycles. The molecular weight excluding hydrogens is 512 g/mol. The van der Waals surface area contributed by atoms with Crippen molar-refractivity contribution in [3.63, 3.8) is 0 Å². The first-order valence-electron chi connectivity index (χ1n) is 11.4. The standard InChI is InChI=1S/C26H28N4O5S2/c1-17(2)29-36(32,33)21-14-15-23-22(16-21)24(26(31)28-23)25(18-8-6-5-7-9-18)27-19-10-12-20(13-11-19)37(34,35)30(3)4/h5-17,28-29,31H,1-4H3. The largest absolute Gasteiger partial charge is 0.494 e. The van der Waals surface area contributed by atoms with E-state index < -0.39 is 20.0 Å². The first-order valence-corrected chi connectivity index (χ1v) is 14.4. The molecule has 0 saturated carbocycles. The molecule has 0 atom stereocenters. The van der Waals surface area contributed by atoms with E-state index in [1.807, 2.05) is 30.3 Å². The summed E-state index contributed by atoms with van der Waals surface area (Å²) in [5.41, 5.74) is 2.38. The second-order valence-corrected chi connectivity index (χ2v) is 12.8. The van der Waals surface area contributed by atoms with Crippen molar-refractivity contribution in [3.8, 4) is 5.88 Å². The average Bonchev–Trinajstić information content (AvgIpc) is 3.17. The van der Waals surface area contributed by atoms with Crippen molar-refractivity contribution in [2.75, 3.05) is 14.1 Å². The number of aromatic nitrogens is 1. The van der Waals surface area contributed by atoms with Gasteiger partial charge in [-0.2, -0.15) is 0 Å². The van der Waals surface area contributed by atoms with Crippen molar-refractivity contribution in [3.05, 3.63) is 83.9 Å².